The van der Waals surface area contributed by atoms with Gasteiger partial charge in [-0.1, -0.05) is 182 Å². The third kappa shape index (κ3) is 6.89. The minimum absolute atomic E-state index is 0.315. The first-order valence-electron chi connectivity index (χ1n) is 26.8. The summed E-state index contributed by atoms with van der Waals surface area (Å²) in [4.78, 5) is 8.15. The average Bonchev–Trinajstić information content (AvgIpc) is 4.13. The number of nitrogens with zero attached hydrogens (tertiary/aromatic N) is 4. The van der Waals surface area contributed by atoms with Crippen LogP contribution in [0.4, 0.5) is 11.4 Å². The molecule has 4 aliphatic rings. The maximum atomic E-state index is 5.52. The van der Waals surface area contributed by atoms with Gasteiger partial charge in [0.2, 0.25) is 0 Å². The van der Waals surface area contributed by atoms with Crippen molar-refractivity contribution in [3.05, 3.63) is 283 Å². The zero-order valence-corrected chi connectivity index (χ0v) is 41.7. The van der Waals surface area contributed by atoms with E-state index in [9.17, 15) is 0 Å². The van der Waals surface area contributed by atoms with Crippen molar-refractivity contribution >= 4 is 66.4 Å². The van der Waals surface area contributed by atoms with Gasteiger partial charge in [-0.15, -0.1) is 0 Å². The van der Waals surface area contributed by atoms with Crippen LogP contribution < -0.4 is 10.2 Å². The molecular weight excluding hydrogens is 923 g/mol. The first-order chi connectivity index (χ1) is 37.7. The van der Waals surface area contributed by atoms with Crippen molar-refractivity contribution in [3.63, 3.8) is 0 Å². The Hall–Kier alpha value is -9.45. The second-order valence-electron chi connectivity index (χ2n) is 21.1. The molecule has 2 aliphatic heterocycles. The minimum Gasteiger partial charge on any atom is -0.360 e. The second-order valence-corrected chi connectivity index (χ2v) is 21.1. The van der Waals surface area contributed by atoms with Gasteiger partial charge >= 0.3 is 0 Å². The number of anilines is 2. The number of para-hydroxylation sites is 3. The van der Waals surface area contributed by atoms with E-state index in [1.54, 1.807) is 0 Å². The molecule has 16 rings (SSSR count). The molecular formula is C71H51N5. The Balaban J connectivity index is 0.890. The lowest BCUT2D eigenvalue weighted by atomic mass is 9.87. The third-order valence-electron chi connectivity index (χ3n) is 16.8. The topological polar surface area (TPSA) is 37.5 Å². The lowest BCUT2D eigenvalue weighted by Crippen LogP contribution is -2.33. The number of allylic oxidation sites excluding steroid dienone is 2. The summed E-state index contributed by atoms with van der Waals surface area (Å²) < 4.78 is 4.93. The van der Waals surface area contributed by atoms with Crippen LogP contribution in [0.1, 0.15) is 40.8 Å². The van der Waals surface area contributed by atoms with Gasteiger partial charge in [0.15, 0.2) is 0 Å². The van der Waals surface area contributed by atoms with Crippen molar-refractivity contribution in [3.8, 4) is 33.6 Å². The standard InChI is InChI=1S/C71H51N5/c1-4-16-45(17-5-1)49-31-36-68-61(40-49)57-23-11-13-25-65(57)74(68)54-38-52(39-55(43-54)75-66-26-14-12-24-58(66)62-41-50(32-37-69(62)75)46-18-6-2-7-19-46)64-44-63(72-71(73-64)48-20-8-3-9-21-48)47-28-33-53(34-29-47)76-67-27-15-10-22-56(67)59-35-30-51-42-60(51)70(59)76/h1-41,43-44,51,59-60,70-71,73H,42H2. The van der Waals surface area contributed by atoms with E-state index < -0.39 is 0 Å². The van der Waals surface area contributed by atoms with Gasteiger partial charge in [-0.3, -0.25) is 4.99 Å². The van der Waals surface area contributed by atoms with Gasteiger partial charge in [0.05, 0.1) is 27.8 Å². The van der Waals surface area contributed by atoms with E-state index >= 15 is 0 Å². The highest BCUT2D eigenvalue weighted by Gasteiger charge is 2.53. The molecule has 5 unspecified atom stereocenters. The molecule has 10 aromatic carbocycles. The molecule has 5 heteroatoms. The number of hydrogen-bond donors (Lipinski definition) is 1. The number of benzene rings is 10. The van der Waals surface area contributed by atoms with Crippen molar-refractivity contribution in [2.75, 3.05) is 4.90 Å². The smallest absolute Gasteiger partial charge is 0.145 e. The predicted molar refractivity (Wildman–Crippen MR) is 315 cm³/mol. The molecule has 5 nitrogen and oxygen atoms in total. The van der Waals surface area contributed by atoms with Gasteiger partial charge < -0.3 is 19.4 Å². The van der Waals surface area contributed by atoms with Gasteiger partial charge in [0.25, 0.3) is 0 Å². The SMILES string of the molecule is C1=CC2c3ccccc3N(c3ccc(C4=NC(c5ccccc5)NC(c5cc(-n6c7ccccc7c7cc(-c8ccccc8)ccc76)cc(-n6c7ccccc7c7cc(-c8ccccc8)ccc76)c5)=C4)cc3)C2C2CC12. The third-order valence-corrected chi connectivity index (χ3v) is 16.8. The zero-order chi connectivity index (χ0) is 49.8. The number of rotatable bonds is 8. The van der Waals surface area contributed by atoms with Gasteiger partial charge in [-0.05, 0) is 136 Å². The summed E-state index contributed by atoms with van der Waals surface area (Å²) in [6.45, 7) is 0. The van der Waals surface area contributed by atoms with Crippen LogP contribution in [0.3, 0.4) is 0 Å². The van der Waals surface area contributed by atoms with Crippen LogP contribution in [0.5, 0.6) is 0 Å². The Morgan fingerprint density at radius 1 is 0.408 bits per heavy atom. The average molecular weight is 974 g/mol. The Labute approximate surface area is 441 Å². The fourth-order valence-electron chi connectivity index (χ4n) is 13.2. The fraction of sp³-hybridized carbons (Fsp3) is 0.0845. The highest BCUT2D eigenvalue weighted by molar-refractivity contribution is 6.14. The van der Waals surface area contributed by atoms with Crippen molar-refractivity contribution in [2.45, 2.75) is 24.5 Å². The van der Waals surface area contributed by atoms with Crippen molar-refractivity contribution in [2.24, 2.45) is 16.8 Å². The highest BCUT2D eigenvalue weighted by Crippen LogP contribution is 2.59. The van der Waals surface area contributed by atoms with E-state index in [0.717, 1.165) is 61.5 Å². The second kappa shape index (κ2) is 17.1. The largest absolute Gasteiger partial charge is 0.360 e. The van der Waals surface area contributed by atoms with Crippen LogP contribution in [-0.4, -0.2) is 20.9 Å². The number of nitrogens with one attached hydrogen (secondary N) is 1. The van der Waals surface area contributed by atoms with Crippen molar-refractivity contribution in [1.29, 1.82) is 0 Å². The van der Waals surface area contributed by atoms with E-state index in [0.29, 0.717) is 23.8 Å². The zero-order valence-electron chi connectivity index (χ0n) is 41.7. The Bertz CT molecular complexity index is 4190. The fourth-order valence-corrected chi connectivity index (χ4v) is 13.2. The van der Waals surface area contributed by atoms with E-state index in [1.807, 2.05) is 0 Å². The molecule has 1 fully saturated rings. The molecule has 2 aliphatic carbocycles. The van der Waals surface area contributed by atoms with E-state index in [4.69, 9.17) is 4.99 Å². The molecule has 76 heavy (non-hydrogen) atoms. The van der Waals surface area contributed by atoms with Crippen LogP contribution >= 0.6 is 0 Å². The van der Waals surface area contributed by atoms with Gasteiger partial charge in [-0.2, -0.15) is 0 Å². The Morgan fingerprint density at radius 2 is 0.947 bits per heavy atom. The van der Waals surface area contributed by atoms with Gasteiger partial charge in [0.1, 0.15) is 6.17 Å². The first-order valence-corrected chi connectivity index (χ1v) is 26.8. The minimum atomic E-state index is -0.315. The monoisotopic (exact) mass is 973 g/mol. The van der Waals surface area contributed by atoms with Crippen molar-refractivity contribution in [1.82, 2.24) is 14.5 Å². The first kappa shape index (κ1) is 43.0. The molecule has 4 heterocycles. The molecule has 360 valence electrons. The maximum absolute atomic E-state index is 5.52. The number of aromatic nitrogens is 2. The maximum Gasteiger partial charge on any atom is 0.145 e. The highest BCUT2D eigenvalue weighted by atomic mass is 15.2. The van der Waals surface area contributed by atoms with E-state index in [2.05, 4.69) is 280 Å². The summed E-state index contributed by atoms with van der Waals surface area (Å²) in [5, 5.41) is 8.85. The van der Waals surface area contributed by atoms with Gasteiger partial charge in [0, 0.05) is 67.5 Å². The summed E-state index contributed by atoms with van der Waals surface area (Å²) >= 11 is 0. The van der Waals surface area contributed by atoms with Crippen molar-refractivity contribution < 1.29 is 0 Å². The van der Waals surface area contributed by atoms with Crippen LogP contribution in [0.2, 0.25) is 0 Å². The summed E-state index contributed by atoms with van der Waals surface area (Å²) in [6.07, 6.45) is 8.20. The quantitative estimate of drug-likeness (QED) is 0.154. The molecule has 0 amide bonds. The summed E-state index contributed by atoms with van der Waals surface area (Å²) in [5.41, 5.74) is 20.8. The molecule has 0 saturated heterocycles. The molecule has 2 aromatic heterocycles. The van der Waals surface area contributed by atoms with Crippen LogP contribution in [0, 0.1) is 11.8 Å². The molecule has 1 saturated carbocycles. The number of hydrogen-bond acceptors (Lipinski definition) is 3. The normalized spacial score (nSPS) is 19.3. The molecule has 12 aromatic rings. The summed E-state index contributed by atoms with van der Waals surface area (Å²) in [6, 6.07) is 89.6. The Morgan fingerprint density at radius 3 is 1.58 bits per heavy atom. The molecule has 0 radical (unpaired) electrons. The molecule has 1 N–H and O–H groups in total. The molecule has 0 bridgehead atoms. The summed E-state index contributed by atoms with van der Waals surface area (Å²) in [7, 11) is 0. The number of fused-ring (bicyclic) bond motifs is 11. The van der Waals surface area contributed by atoms with Crippen LogP contribution in [0.15, 0.2) is 266 Å². The lowest BCUT2D eigenvalue weighted by molar-refractivity contribution is 0.528. The van der Waals surface area contributed by atoms with Crippen LogP contribution in [-0.2, 0) is 0 Å². The number of aliphatic imine (C=N–C) groups is 1. The van der Waals surface area contributed by atoms with Gasteiger partial charge in [-0.25, -0.2) is 0 Å². The molecule has 0 spiro atoms. The van der Waals surface area contributed by atoms with E-state index in [1.165, 1.54) is 67.2 Å². The summed E-state index contributed by atoms with van der Waals surface area (Å²) in [5.74, 6) is 1.82. The Kier molecular flexibility index (Phi) is 9.65. The predicted octanol–water partition coefficient (Wildman–Crippen LogP) is 17.2. The van der Waals surface area contributed by atoms with Crippen LogP contribution in [0.25, 0.3) is 82.9 Å². The van der Waals surface area contributed by atoms with E-state index in [-0.39, 0.29) is 6.17 Å². The lowest BCUT2D eigenvalue weighted by Gasteiger charge is -2.32. The molecule has 5 atom stereocenters.